The van der Waals surface area contributed by atoms with E-state index < -0.39 is 0 Å². The Morgan fingerprint density at radius 1 is 0.906 bits per heavy atom. The van der Waals surface area contributed by atoms with Crippen LogP contribution in [-0.2, 0) is 4.79 Å². The number of hydrazine groups is 1. The van der Waals surface area contributed by atoms with E-state index in [0.29, 0.717) is 0 Å². The number of rotatable bonds is 4. The zero-order valence-electron chi connectivity index (χ0n) is 18.7. The van der Waals surface area contributed by atoms with Gasteiger partial charge in [0.05, 0.1) is 22.8 Å². The van der Waals surface area contributed by atoms with Crippen molar-refractivity contribution in [3.05, 3.63) is 77.6 Å². The van der Waals surface area contributed by atoms with Crippen LogP contribution in [0, 0.1) is 13.8 Å². The predicted molar refractivity (Wildman–Crippen MR) is 126 cm³/mol. The first-order valence-corrected chi connectivity index (χ1v) is 11.3. The third-order valence-corrected chi connectivity index (χ3v) is 6.56. The molecule has 0 aliphatic carbocycles. The number of benzene rings is 2. The molecule has 2 aromatic carbocycles. The van der Waals surface area contributed by atoms with Crippen molar-refractivity contribution < 1.29 is 4.79 Å². The van der Waals surface area contributed by atoms with Crippen LogP contribution < -0.4 is 15.8 Å². The first-order valence-electron chi connectivity index (χ1n) is 11.3. The molecule has 0 bridgehead atoms. The van der Waals surface area contributed by atoms with Gasteiger partial charge in [-0.15, -0.1) is 0 Å². The predicted octanol–water partition coefficient (Wildman–Crippen LogP) is 2.75. The molecule has 0 radical (unpaired) electrons. The number of aromatic nitrogens is 2. The lowest BCUT2D eigenvalue weighted by molar-refractivity contribution is -0.133. The molecule has 3 aromatic rings. The molecular formula is C25H30N6O. The number of carbonyl (C=O) groups excluding carboxylic acids is 1. The summed E-state index contributed by atoms with van der Waals surface area (Å²) in [5, 5.41) is 4.79. The molecule has 166 valence electrons. The molecule has 2 atom stereocenters. The van der Waals surface area contributed by atoms with E-state index in [1.807, 2.05) is 46.0 Å². The van der Waals surface area contributed by atoms with E-state index in [2.05, 4.69) is 53.9 Å². The number of piperazine rings is 1. The number of nitrogens with one attached hydrogen (secondary N) is 2. The van der Waals surface area contributed by atoms with Gasteiger partial charge in [0.1, 0.15) is 6.04 Å². The normalized spacial score (nSPS) is 21.2. The largest absolute Gasteiger partial charge is 0.365 e. The fraction of sp³-hybridized carbons (Fsp3) is 0.360. The highest BCUT2D eigenvalue weighted by Crippen LogP contribution is 2.28. The van der Waals surface area contributed by atoms with E-state index in [-0.39, 0.29) is 18.0 Å². The zero-order valence-corrected chi connectivity index (χ0v) is 18.7. The number of anilines is 1. The number of carbonyl (C=O) groups is 1. The molecule has 2 fully saturated rings. The summed E-state index contributed by atoms with van der Waals surface area (Å²) in [7, 11) is 0. The van der Waals surface area contributed by atoms with Crippen molar-refractivity contribution in [2.24, 2.45) is 0 Å². The van der Waals surface area contributed by atoms with Crippen LogP contribution in [0.4, 0.5) is 5.69 Å². The fourth-order valence-corrected chi connectivity index (χ4v) is 4.91. The highest BCUT2D eigenvalue weighted by atomic mass is 16.2. The summed E-state index contributed by atoms with van der Waals surface area (Å²) in [6.07, 6.45) is 0.769. The summed E-state index contributed by atoms with van der Waals surface area (Å²) in [5.41, 5.74) is 12.1. The lowest BCUT2D eigenvalue weighted by Crippen LogP contribution is -2.53. The molecule has 2 saturated heterocycles. The zero-order chi connectivity index (χ0) is 22.1. The Hall–Kier alpha value is -3.16. The van der Waals surface area contributed by atoms with Gasteiger partial charge in [0.25, 0.3) is 0 Å². The van der Waals surface area contributed by atoms with Crippen molar-refractivity contribution in [2.75, 3.05) is 31.1 Å². The van der Waals surface area contributed by atoms with Gasteiger partial charge in [-0.3, -0.25) is 4.79 Å². The Balaban J connectivity index is 1.22. The van der Waals surface area contributed by atoms with Gasteiger partial charge in [0, 0.05) is 32.2 Å². The molecular weight excluding hydrogens is 400 g/mol. The van der Waals surface area contributed by atoms with Crippen molar-refractivity contribution in [3.8, 4) is 5.69 Å². The van der Waals surface area contributed by atoms with Gasteiger partial charge in [0.15, 0.2) is 0 Å². The lowest BCUT2D eigenvalue weighted by Gasteiger charge is -2.37. The second kappa shape index (κ2) is 8.76. The molecule has 0 spiro atoms. The summed E-state index contributed by atoms with van der Waals surface area (Å²) >= 11 is 0. The minimum Gasteiger partial charge on any atom is -0.365 e. The Morgan fingerprint density at radius 2 is 1.56 bits per heavy atom. The Kier molecular flexibility index (Phi) is 5.68. The van der Waals surface area contributed by atoms with Crippen LogP contribution in [0.2, 0.25) is 0 Å². The highest BCUT2D eigenvalue weighted by Gasteiger charge is 2.34. The van der Waals surface area contributed by atoms with Crippen molar-refractivity contribution in [1.29, 1.82) is 0 Å². The van der Waals surface area contributed by atoms with E-state index in [4.69, 9.17) is 5.10 Å². The van der Waals surface area contributed by atoms with E-state index in [9.17, 15) is 4.79 Å². The van der Waals surface area contributed by atoms with E-state index in [1.165, 1.54) is 11.3 Å². The third kappa shape index (κ3) is 3.89. The van der Waals surface area contributed by atoms with Crippen molar-refractivity contribution in [2.45, 2.75) is 32.4 Å². The standard InChI is InChI=1S/C25H30N6O/c1-18-24(19(2)31(28-18)21-11-7-4-8-12-21)29-13-15-30(16-14-29)25(32)23-17-22(26-27-23)20-9-5-3-6-10-20/h3-12,22-23,26-27H,13-17H2,1-2H3. The minimum absolute atomic E-state index is 0.167. The van der Waals surface area contributed by atoms with Crippen LogP contribution in [0.5, 0.6) is 0 Å². The summed E-state index contributed by atoms with van der Waals surface area (Å²) in [6.45, 7) is 7.27. The van der Waals surface area contributed by atoms with Crippen LogP contribution in [0.15, 0.2) is 60.7 Å². The van der Waals surface area contributed by atoms with Crippen molar-refractivity contribution >= 4 is 11.6 Å². The molecule has 2 aliphatic heterocycles. The van der Waals surface area contributed by atoms with Gasteiger partial charge in [-0.1, -0.05) is 48.5 Å². The quantitative estimate of drug-likeness (QED) is 0.666. The van der Waals surface area contributed by atoms with Gasteiger partial charge < -0.3 is 9.80 Å². The number of para-hydroxylation sites is 1. The maximum Gasteiger partial charge on any atom is 0.241 e. The number of hydrogen-bond acceptors (Lipinski definition) is 5. The van der Waals surface area contributed by atoms with Gasteiger partial charge in [-0.2, -0.15) is 5.10 Å². The van der Waals surface area contributed by atoms with E-state index in [1.54, 1.807) is 0 Å². The molecule has 1 amide bonds. The molecule has 2 aliphatic rings. The number of hydrogen-bond donors (Lipinski definition) is 2. The van der Waals surface area contributed by atoms with Crippen LogP contribution in [0.25, 0.3) is 5.69 Å². The maximum atomic E-state index is 13.1. The number of amides is 1. The summed E-state index contributed by atoms with van der Waals surface area (Å²) < 4.78 is 2.01. The molecule has 3 heterocycles. The SMILES string of the molecule is Cc1nn(-c2ccccc2)c(C)c1N1CCN(C(=O)C2CC(c3ccccc3)NN2)CC1. The van der Waals surface area contributed by atoms with Crippen LogP contribution in [-0.4, -0.2) is 52.8 Å². The molecule has 1 aromatic heterocycles. The van der Waals surface area contributed by atoms with Gasteiger partial charge in [-0.05, 0) is 38.0 Å². The number of aryl methyl sites for hydroxylation is 1. The van der Waals surface area contributed by atoms with Gasteiger partial charge in [0.2, 0.25) is 5.91 Å². The summed E-state index contributed by atoms with van der Waals surface area (Å²) in [4.78, 5) is 17.5. The minimum atomic E-state index is -0.184. The summed E-state index contributed by atoms with van der Waals surface area (Å²) in [6, 6.07) is 20.5. The van der Waals surface area contributed by atoms with Crippen molar-refractivity contribution in [1.82, 2.24) is 25.5 Å². The highest BCUT2D eigenvalue weighted by molar-refractivity contribution is 5.82. The summed E-state index contributed by atoms with van der Waals surface area (Å²) in [5.74, 6) is 0.184. The molecule has 5 rings (SSSR count). The topological polar surface area (TPSA) is 65.4 Å². The maximum absolute atomic E-state index is 13.1. The van der Waals surface area contributed by atoms with Crippen LogP contribution >= 0.6 is 0 Å². The second-order valence-corrected chi connectivity index (χ2v) is 8.62. The van der Waals surface area contributed by atoms with Gasteiger partial charge >= 0.3 is 0 Å². The monoisotopic (exact) mass is 430 g/mol. The third-order valence-electron chi connectivity index (χ3n) is 6.56. The molecule has 2 N–H and O–H groups in total. The second-order valence-electron chi connectivity index (χ2n) is 8.62. The molecule has 7 heteroatoms. The Bertz CT molecular complexity index is 1070. The average molecular weight is 431 g/mol. The van der Waals surface area contributed by atoms with Crippen molar-refractivity contribution in [3.63, 3.8) is 0 Å². The smallest absolute Gasteiger partial charge is 0.241 e. The van der Waals surface area contributed by atoms with E-state index >= 15 is 0 Å². The van der Waals surface area contributed by atoms with Gasteiger partial charge in [-0.25, -0.2) is 15.5 Å². The molecule has 2 unspecified atom stereocenters. The fourth-order valence-electron chi connectivity index (χ4n) is 4.91. The Labute approximate surface area is 189 Å². The van der Waals surface area contributed by atoms with Crippen LogP contribution in [0.3, 0.4) is 0 Å². The first-order chi connectivity index (χ1) is 15.6. The molecule has 32 heavy (non-hydrogen) atoms. The first kappa shape index (κ1) is 20.7. The lowest BCUT2D eigenvalue weighted by atomic mass is 10.0. The molecule has 0 saturated carbocycles. The average Bonchev–Trinajstić information content (AvgIpc) is 3.45. The van der Waals surface area contributed by atoms with Crippen LogP contribution in [0.1, 0.15) is 29.4 Å². The van der Waals surface area contributed by atoms with E-state index in [0.717, 1.165) is 49.7 Å². The Morgan fingerprint density at radius 3 is 2.25 bits per heavy atom. The molecule has 7 nitrogen and oxygen atoms in total. The number of nitrogens with zero attached hydrogens (tertiary/aromatic N) is 4.